The van der Waals surface area contributed by atoms with Crippen LogP contribution in [0.15, 0.2) is 208 Å². The van der Waals surface area contributed by atoms with Crippen LogP contribution in [-0.2, 0) is 0 Å². The minimum Gasteiger partial charge on any atom is -0.456 e. The Bertz CT molecular complexity index is 3650. The van der Waals surface area contributed by atoms with Gasteiger partial charge in [0.2, 0.25) is 0 Å². The highest BCUT2D eigenvalue weighted by Gasteiger charge is 2.26. The summed E-state index contributed by atoms with van der Waals surface area (Å²) in [5.41, 5.74) is 11.3. The predicted octanol–water partition coefficient (Wildman–Crippen LogP) is 15.7. The molecule has 270 valence electrons. The van der Waals surface area contributed by atoms with Gasteiger partial charge in [-0.05, 0) is 122 Å². The van der Waals surface area contributed by atoms with E-state index in [1.165, 1.54) is 86.4 Å². The van der Waals surface area contributed by atoms with E-state index in [0.29, 0.717) is 0 Å². The van der Waals surface area contributed by atoms with Gasteiger partial charge in [0, 0.05) is 42.7 Å². The molecule has 0 amide bonds. The fourth-order valence-electron chi connectivity index (χ4n) is 9.53. The molecule has 0 bridgehead atoms. The van der Waals surface area contributed by atoms with Gasteiger partial charge in [0.1, 0.15) is 11.2 Å². The molecule has 10 aromatic carbocycles. The lowest BCUT2D eigenvalue weighted by molar-refractivity contribution is 0.669. The van der Waals surface area contributed by atoms with E-state index in [4.69, 9.17) is 4.42 Å². The maximum Gasteiger partial charge on any atom is 0.135 e. The Kier molecular flexibility index (Phi) is 6.66. The molecule has 0 unspecified atom stereocenters. The average Bonchev–Trinajstić information content (AvgIpc) is 3.83. The van der Waals surface area contributed by atoms with E-state index in [9.17, 15) is 0 Å². The Morgan fingerprint density at radius 2 is 0.897 bits per heavy atom. The number of para-hydroxylation sites is 3. The van der Waals surface area contributed by atoms with E-state index in [1.807, 2.05) is 23.9 Å². The number of rotatable bonds is 3. The molecule has 2 aromatic heterocycles. The van der Waals surface area contributed by atoms with E-state index in [0.717, 1.165) is 33.3 Å². The summed E-state index contributed by atoms with van der Waals surface area (Å²) in [4.78, 5) is 4.87. The zero-order chi connectivity index (χ0) is 37.9. The second kappa shape index (κ2) is 12.1. The number of anilines is 3. The molecule has 12 aromatic rings. The molecule has 4 heteroatoms. The van der Waals surface area contributed by atoms with Crippen molar-refractivity contribution >= 4 is 105 Å². The molecule has 0 saturated carbocycles. The fourth-order valence-corrected chi connectivity index (χ4v) is 10.6. The number of aromatic nitrogens is 1. The van der Waals surface area contributed by atoms with Gasteiger partial charge in [-0.25, -0.2) is 0 Å². The van der Waals surface area contributed by atoms with Crippen molar-refractivity contribution in [1.82, 2.24) is 4.57 Å². The number of furan rings is 1. The molecule has 0 aliphatic carbocycles. The largest absolute Gasteiger partial charge is 0.456 e. The third-order valence-corrected chi connectivity index (χ3v) is 13.2. The van der Waals surface area contributed by atoms with Crippen molar-refractivity contribution in [3.05, 3.63) is 194 Å². The summed E-state index contributed by atoms with van der Waals surface area (Å²) in [6.07, 6.45) is 0. The third kappa shape index (κ3) is 4.58. The molecule has 0 spiro atoms. The fraction of sp³-hybridized carbons (Fsp3) is 0. The standard InChI is InChI=1S/C54H32N2OS/c1-2-13-39-37(11-1)38-12-3-4-14-40(38)44-31-35(23-25-41(39)44)55-47-17-7-5-15-42(47)45-29-33(21-26-48(45)55)34-22-27-50-54(30-34)58-53-20-10-8-18-49(53)56(50)36-24-28-52-46(32-36)43-16-6-9-19-51(43)57-52/h1-32H. The Labute approximate surface area is 338 Å². The maximum absolute atomic E-state index is 6.20. The number of nitrogens with zero attached hydrogens (tertiary/aromatic N) is 2. The minimum absolute atomic E-state index is 0.902. The normalized spacial score (nSPS) is 12.7. The summed E-state index contributed by atoms with van der Waals surface area (Å²) in [5, 5.41) is 12.5. The first-order valence-corrected chi connectivity index (χ1v) is 20.6. The molecule has 0 radical (unpaired) electrons. The monoisotopic (exact) mass is 756 g/mol. The quantitative estimate of drug-likeness (QED) is 0.168. The molecule has 0 saturated heterocycles. The highest BCUT2D eigenvalue weighted by molar-refractivity contribution is 7.99. The van der Waals surface area contributed by atoms with Crippen LogP contribution in [0.2, 0.25) is 0 Å². The molecule has 0 atom stereocenters. The number of benzene rings is 10. The van der Waals surface area contributed by atoms with Crippen molar-refractivity contribution in [3.8, 4) is 16.8 Å². The Hall–Kier alpha value is -7.27. The van der Waals surface area contributed by atoms with Gasteiger partial charge in [-0.1, -0.05) is 127 Å². The van der Waals surface area contributed by atoms with Crippen molar-refractivity contribution in [2.45, 2.75) is 9.79 Å². The number of hydrogen-bond acceptors (Lipinski definition) is 3. The second-order valence-electron chi connectivity index (χ2n) is 15.3. The zero-order valence-corrected chi connectivity index (χ0v) is 32.0. The van der Waals surface area contributed by atoms with Gasteiger partial charge in [0.25, 0.3) is 0 Å². The van der Waals surface area contributed by atoms with Crippen LogP contribution in [0.25, 0.3) is 92.9 Å². The molecule has 58 heavy (non-hydrogen) atoms. The van der Waals surface area contributed by atoms with Crippen molar-refractivity contribution in [2.24, 2.45) is 0 Å². The van der Waals surface area contributed by atoms with Crippen LogP contribution in [0.3, 0.4) is 0 Å². The molecule has 0 N–H and O–H groups in total. The Morgan fingerprint density at radius 1 is 0.328 bits per heavy atom. The van der Waals surface area contributed by atoms with E-state index >= 15 is 0 Å². The topological polar surface area (TPSA) is 21.3 Å². The summed E-state index contributed by atoms with van der Waals surface area (Å²) in [6.45, 7) is 0. The summed E-state index contributed by atoms with van der Waals surface area (Å²) in [6, 6.07) is 70.9. The highest BCUT2D eigenvalue weighted by Crippen LogP contribution is 2.53. The lowest BCUT2D eigenvalue weighted by Gasteiger charge is -2.33. The van der Waals surface area contributed by atoms with Gasteiger partial charge in [0.05, 0.1) is 22.4 Å². The second-order valence-corrected chi connectivity index (χ2v) is 16.4. The SMILES string of the molecule is c1ccc2c(c1)Sc1cc(-c3ccc4c(c3)c3ccccc3n4-c3ccc4c5ccccc5c5ccccc5c4c3)ccc1N2c1ccc2oc3ccccc3c2c1. The minimum atomic E-state index is 0.902. The smallest absolute Gasteiger partial charge is 0.135 e. The van der Waals surface area contributed by atoms with Crippen molar-refractivity contribution in [3.63, 3.8) is 0 Å². The molecule has 3 heterocycles. The van der Waals surface area contributed by atoms with Gasteiger partial charge in [0.15, 0.2) is 0 Å². The summed E-state index contributed by atoms with van der Waals surface area (Å²) < 4.78 is 8.64. The highest BCUT2D eigenvalue weighted by atomic mass is 32.2. The van der Waals surface area contributed by atoms with Gasteiger partial charge in [-0.3, -0.25) is 0 Å². The van der Waals surface area contributed by atoms with Crippen LogP contribution in [0.1, 0.15) is 0 Å². The molecular formula is C54H32N2OS. The molecule has 3 nitrogen and oxygen atoms in total. The van der Waals surface area contributed by atoms with E-state index in [1.54, 1.807) is 0 Å². The van der Waals surface area contributed by atoms with Gasteiger partial charge in [-0.15, -0.1) is 0 Å². The van der Waals surface area contributed by atoms with Crippen LogP contribution < -0.4 is 4.90 Å². The van der Waals surface area contributed by atoms with Gasteiger partial charge in [-0.2, -0.15) is 0 Å². The van der Waals surface area contributed by atoms with E-state index in [-0.39, 0.29) is 0 Å². The molecule has 0 fully saturated rings. The maximum atomic E-state index is 6.20. The Morgan fingerprint density at radius 3 is 1.72 bits per heavy atom. The summed E-state index contributed by atoms with van der Waals surface area (Å²) in [7, 11) is 0. The summed E-state index contributed by atoms with van der Waals surface area (Å²) >= 11 is 1.84. The number of fused-ring (bicyclic) bond motifs is 14. The Balaban J connectivity index is 0.955. The van der Waals surface area contributed by atoms with Crippen molar-refractivity contribution < 1.29 is 4.42 Å². The van der Waals surface area contributed by atoms with Crippen LogP contribution in [0.5, 0.6) is 0 Å². The van der Waals surface area contributed by atoms with Crippen LogP contribution in [-0.4, -0.2) is 4.57 Å². The van der Waals surface area contributed by atoms with Gasteiger partial charge >= 0.3 is 0 Å². The average molecular weight is 757 g/mol. The molecule has 1 aliphatic heterocycles. The van der Waals surface area contributed by atoms with Crippen LogP contribution in [0.4, 0.5) is 17.1 Å². The predicted molar refractivity (Wildman–Crippen MR) is 245 cm³/mol. The first-order valence-electron chi connectivity index (χ1n) is 19.7. The van der Waals surface area contributed by atoms with E-state index in [2.05, 4.69) is 191 Å². The summed E-state index contributed by atoms with van der Waals surface area (Å²) in [5.74, 6) is 0. The van der Waals surface area contributed by atoms with Crippen LogP contribution in [0, 0.1) is 0 Å². The molecule has 1 aliphatic rings. The number of hydrogen-bond donors (Lipinski definition) is 0. The lowest BCUT2D eigenvalue weighted by atomic mass is 9.94. The molecule has 13 rings (SSSR count). The van der Waals surface area contributed by atoms with Gasteiger partial charge < -0.3 is 13.9 Å². The zero-order valence-electron chi connectivity index (χ0n) is 31.2. The van der Waals surface area contributed by atoms with Crippen molar-refractivity contribution in [2.75, 3.05) is 4.90 Å². The first kappa shape index (κ1) is 31.9. The van der Waals surface area contributed by atoms with E-state index < -0.39 is 0 Å². The lowest BCUT2D eigenvalue weighted by Crippen LogP contribution is -2.14. The third-order valence-electron chi connectivity index (χ3n) is 12.1. The first-order chi connectivity index (χ1) is 28.7. The van der Waals surface area contributed by atoms with Crippen molar-refractivity contribution in [1.29, 1.82) is 0 Å². The molecular weight excluding hydrogens is 725 g/mol. The van der Waals surface area contributed by atoms with Crippen LogP contribution >= 0.6 is 11.8 Å².